The molecule has 0 spiro atoms. The Labute approximate surface area is 206 Å². The highest BCUT2D eigenvalue weighted by atomic mass is 35.5. The maximum absolute atomic E-state index is 12.3. The maximum atomic E-state index is 12.3. The quantitative estimate of drug-likeness (QED) is 0.198. The van der Waals surface area contributed by atoms with Crippen molar-refractivity contribution in [1.82, 2.24) is 14.8 Å². The summed E-state index contributed by atoms with van der Waals surface area (Å²) in [5, 5.41) is 11.4. The highest BCUT2D eigenvalue weighted by molar-refractivity contribution is 7.98. The first-order chi connectivity index (χ1) is 16.5. The smallest absolute Gasteiger partial charge is 0.336 e. The van der Waals surface area contributed by atoms with Gasteiger partial charge >= 0.3 is 5.63 Å². The van der Waals surface area contributed by atoms with E-state index in [0.717, 1.165) is 44.2 Å². The van der Waals surface area contributed by atoms with Gasteiger partial charge in [-0.25, -0.2) is 4.79 Å². The summed E-state index contributed by atoms with van der Waals surface area (Å²) in [7, 11) is 0. The molecule has 5 aromatic rings. The molecule has 2 aromatic heterocycles. The fourth-order valence-corrected chi connectivity index (χ4v) is 4.96. The third-order valence-corrected chi connectivity index (χ3v) is 7.14. The molecule has 0 saturated heterocycles. The lowest BCUT2D eigenvalue weighted by atomic mass is 10.0. The van der Waals surface area contributed by atoms with Gasteiger partial charge in [-0.2, -0.15) is 0 Å². The molecule has 0 fully saturated rings. The molecule has 0 N–H and O–H groups in total. The average Bonchev–Trinajstić information content (AvgIpc) is 3.23. The van der Waals surface area contributed by atoms with Gasteiger partial charge in [-0.3, -0.25) is 4.57 Å². The summed E-state index contributed by atoms with van der Waals surface area (Å²) in [6.45, 7) is 4.62. The Hall–Kier alpha value is -3.35. The van der Waals surface area contributed by atoms with Crippen LogP contribution in [0.25, 0.3) is 22.4 Å². The molecule has 0 aliphatic rings. The van der Waals surface area contributed by atoms with Crippen LogP contribution in [0.5, 0.6) is 0 Å². The van der Waals surface area contributed by atoms with E-state index in [9.17, 15) is 4.79 Å². The average molecular weight is 488 g/mol. The molecule has 34 heavy (non-hydrogen) atoms. The number of hydrogen-bond acceptors (Lipinski definition) is 5. The minimum atomic E-state index is -0.343. The number of benzene rings is 3. The summed E-state index contributed by atoms with van der Waals surface area (Å²) in [6.07, 6.45) is 0. The molecule has 2 heterocycles. The van der Waals surface area contributed by atoms with E-state index in [1.165, 1.54) is 0 Å². The summed E-state index contributed by atoms with van der Waals surface area (Å²) >= 11 is 7.65. The van der Waals surface area contributed by atoms with Gasteiger partial charge in [0.2, 0.25) is 0 Å². The highest BCUT2D eigenvalue weighted by Gasteiger charge is 2.17. The summed E-state index contributed by atoms with van der Waals surface area (Å²) < 4.78 is 7.63. The molecule has 0 bridgehead atoms. The van der Waals surface area contributed by atoms with Gasteiger partial charge in [0.1, 0.15) is 5.58 Å². The topological polar surface area (TPSA) is 60.9 Å². The number of hydrogen-bond donors (Lipinski definition) is 0. The lowest BCUT2D eigenvalue weighted by molar-refractivity contribution is 0.557. The number of fused-ring (bicyclic) bond motifs is 1. The molecule has 5 nitrogen and oxygen atoms in total. The van der Waals surface area contributed by atoms with E-state index in [-0.39, 0.29) is 5.63 Å². The van der Waals surface area contributed by atoms with Crippen LogP contribution >= 0.6 is 23.4 Å². The molecule has 170 valence electrons. The Kier molecular flexibility index (Phi) is 6.26. The van der Waals surface area contributed by atoms with Gasteiger partial charge < -0.3 is 4.42 Å². The molecule has 5 rings (SSSR count). The number of rotatable bonds is 6. The Morgan fingerprint density at radius 2 is 1.74 bits per heavy atom. The monoisotopic (exact) mass is 487 g/mol. The van der Waals surface area contributed by atoms with E-state index in [1.54, 1.807) is 17.8 Å². The summed E-state index contributed by atoms with van der Waals surface area (Å²) in [5.74, 6) is 1.34. The van der Waals surface area contributed by atoms with Crippen molar-refractivity contribution in [2.75, 3.05) is 0 Å². The normalized spacial score (nSPS) is 11.3. The van der Waals surface area contributed by atoms with Gasteiger partial charge in [0.15, 0.2) is 11.0 Å². The van der Waals surface area contributed by atoms with Gasteiger partial charge in [-0.1, -0.05) is 65.8 Å². The standard InChI is InChI=1S/C27H22ClN3O2S/c1-17-8-13-23-21(14-24(32)33-25(23)18(17)2)16-34-27-30-29-26(20-9-11-22(28)12-10-20)31(27)15-19-6-4-3-5-7-19/h3-14H,15-16H2,1-2H3. The predicted octanol–water partition coefficient (Wildman–Crippen LogP) is 6.66. The number of halogens is 1. The van der Waals surface area contributed by atoms with Crippen molar-refractivity contribution < 1.29 is 4.42 Å². The molecule has 0 aliphatic carbocycles. The van der Waals surface area contributed by atoms with Crippen molar-refractivity contribution >= 4 is 34.3 Å². The van der Waals surface area contributed by atoms with Crippen molar-refractivity contribution in [3.63, 3.8) is 0 Å². The number of aryl methyl sites for hydroxylation is 2. The zero-order valence-corrected chi connectivity index (χ0v) is 20.4. The van der Waals surface area contributed by atoms with Crippen LogP contribution < -0.4 is 5.63 Å². The zero-order chi connectivity index (χ0) is 23.7. The van der Waals surface area contributed by atoms with Crippen molar-refractivity contribution in [1.29, 1.82) is 0 Å². The van der Waals surface area contributed by atoms with Crippen LogP contribution in [0, 0.1) is 13.8 Å². The van der Waals surface area contributed by atoms with Gasteiger partial charge in [-0.15, -0.1) is 10.2 Å². The first kappa shape index (κ1) is 22.4. The van der Waals surface area contributed by atoms with E-state index in [0.29, 0.717) is 22.9 Å². The first-order valence-corrected chi connectivity index (χ1v) is 12.2. The third-order valence-electron chi connectivity index (χ3n) is 5.88. The lowest BCUT2D eigenvalue weighted by Gasteiger charge is -2.12. The number of thioether (sulfide) groups is 1. The van der Waals surface area contributed by atoms with Crippen molar-refractivity contribution in [2.24, 2.45) is 0 Å². The van der Waals surface area contributed by atoms with E-state index in [2.05, 4.69) is 33.0 Å². The van der Waals surface area contributed by atoms with Gasteiger partial charge in [0.05, 0.1) is 6.54 Å². The van der Waals surface area contributed by atoms with Crippen molar-refractivity contribution in [2.45, 2.75) is 31.3 Å². The van der Waals surface area contributed by atoms with Crippen LogP contribution in [0.15, 0.2) is 87.2 Å². The minimum absolute atomic E-state index is 0.343. The zero-order valence-electron chi connectivity index (χ0n) is 18.8. The van der Waals surface area contributed by atoms with Crippen LogP contribution in [-0.2, 0) is 12.3 Å². The van der Waals surface area contributed by atoms with Crippen LogP contribution in [0.3, 0.4) is 0 Å². The van der Waals surface area contributed by atoms with Crippen LogP contribution in [0.4, 0.5) is 0 Å². The second-order valence-corrected chi connectivity index (χ2v) is 9.53. The Morgan fingerprint density at radius 1 is 0.971 bits per heavy atom. The van der Waals surface area contributed by atoms with Crippen molar-refractivity contribution in [3.8, 4) is 11.4 Å². The second kappa shape index (κ2) is 9.49. The molecule has 0 amide bonds. The van der Waals surface area contributed by atoms with Gasteiger partial charge in [0, 0.05) is 27.8 Å². The van der Waals surface area contributed by atoms with E-state index >= 15 is 0 Å². The SMILES string of the molecule is Cc1ccc2c(CSc3nnc(-c4ccc(Cl)cc4)n3Cc3ccccc3)cc(=O)oc2c1C. The molecule has 7 heteroatoms. The molecular formula is C27H22ClN3O2S. The summed E-state index contributed by atoms with van der Waals surface area (Å²) in [6, 6.07) is 23.5. The summed E-state index contributed by atoms with van der Waals surface area (Å²) in [4.78, 5) is 12.3. The lowest BCUT2D eigenvalue weighted by Crippen LogP contribution is -2.05. The van der Waals surface area contributed by atoms with E-state index in [1.807, 2.05) is 62.4 Å². The fourth-order valence-electron chi connectivity index (χ4n) is 3.90. The molecule has 0 unspecified atom stereocenters. The Morgan fingerprint density at radius 3 is 2.50 bits per heavy atom. The molecule has 0 saturated carbocycles. The van der Waals surface area contributed by atoms with E-state index < -0.39 is 0 Å². The number of nitrogens with zero attached hydrogens (tertiary/aromatic N) is 3. The van der Waals surface area contributed by atoms with Crippen LogP contribution in [0.1, 0.15) is 22.3 Å². The molecule has 3 aromatic carbocycles. The highest BCUT2D eigenvalue weighted by Crippen LogP contribution is 2.31. The van der Waals surface area contributed by atoms with Gasteiger partial charge in [0.25, 0.3) is 0 Å². The molecule has 0 atom stereocenters. The van der Waals surface area contributed by atoms with E-state index in [4.69, 9.17) is 16.0 Å². The molecular weight excluding hydrogens is 466 g/mol. The van der Waals surface area contributed by atoms with Gasteiger partial charge in [-0.05, 0) is 60.4 Å². The second-order valence-electron chi connectivity index (χ2n) is 8.15. The first-order valence-electron chi connectivity index (χ1n) is 10.9. The van der Waals surface area contributed by atoms with Crippen molar-refractivity contribution in [3.05, 3.63) is 110 Å². The number of aromatic nitrogens is 3. The minimum Gasteiger partial charge on any atom is -0.422 e. The molecule has 0 radical (unpaired) electrons. The van der Waals surface area contributed by atoms with Crippen LogP contribution in [-0.4, -0.2) is 14.8 Å². The maximum Gasteiger partial charge on any atom is 0.336 e. The Bertz CT molecular complexity index is 1530. The third kappa shape index (κ3) is 4.52. The largest absolute Gasteiger partial charge is 0.422 e. The van der Waals surface area contributed by atoms with Crippen LogP contribution in [0.2, 0.25) is 5.02 Å². The predicted molar refractivity (Wildman–Crippen MR) is 138 cm³/mol. The fraction of sp³-hybridized carbons (Fsp3) is 0.148. The molecule has 0 aliphatic heterocycles. The summed E-state index contributed by atoms with van der Waals surface area (Å²) in [5.41, 5.74) is 5.39. The Balaban J connectivity index is 1.53.